The van der Waals surface area contributed by atoms with Gasteiger partial charge in [-0.25, -0.2) is 0 Å². The number of hydrogen-bond donors (Lipinski definition) is 3. The fraction of sp³-hybridized carbons (Fsp3) is 0.448. The van der Waals surface area contributed by atoms with E-state index < -0.39 is 49.7 Å². The van der Waals surface area contributed by atoms with Gasteiger partial charge in [0.05, 0.1) is 62.3 Å². The van der Waals surface area contributed by atoms with Crippen molar-refractivity contribution in [3.05, 3.63) is 246 Å². The van der Waals surface area contributed by atoms with Gasteiger partial charge in [-0.2, -0.15) is 27.5 Å². The standard InChI is InChI=1S/2C29H33N5O3S.C29H33N5O2S/c2*1-38(37)25-10-3-2-8-23(25)32-27(35)22-18-21(24-9-5-7-15-34(24)28(22)36)19-33-16-12-29(20-30,13-17-33)26-11-4-6-14-31-26;1-37-25-10-3-2-8-23(25)32-27(35)22-18-21(24-9-5-7-15-34(24)28(22)36)19-33-16-12-29(20-30,13-17-33)26-11-4-6-14-31-26/h2*4-7,9,11,14-15,18,23,25H,2-3,8,10,12-13,16-17,19H2,1H3,(H,32,35);4-7,9,11,14-15,18,23,25H,2-3,8,10,12-13,16-17,19H2,1H3,(H,32,35)/t2*23-,25-,38?;23-,25-/m000/s1. The number of likely N-dealkylation sites (tertiary alicyclic amines) is 3. The summed E-state index contributed by atoms with van der Waals surface area (Å²) in [4.78, 5) is 100. The second kappa shape index (κ2) is 37.0. The van der Waals surface area contributed by atoms with Crippen LogP contribution in [-0.2, 0) is 57.5 Å². The van der Waals surface area contributed by atoms with Gasteiger partial charge < -0.3 is 16.0 Å². The summed E-state index contributed by atoms with van der Waals surface area (Å²) in [5.74, 6) is -1.10. The number of nitrogens with zero attached hydrogens (tertiary/aromatic N) is 12. The third-order valence-corrected chi connectivity index (χ3v) is 28.2. The van der Waals surface area contributed by atoms with Gasteiger partial charge in [-0.1, -0.05) is 74.9 Å². The van der Waals surface area contributed by atoms with Crippen LogP contribution >= 0.6 is 11.8 Å². The van der Waals surface area contributed by atoms with Crippen LogP contribution in [0.25, 0.3) is 16.6 Å². The number of piperidine rings is 3. The molecular formula is C87H99N15O8S3. The van der Waals surface area contributed by atoms with Crippen LogP contribution in [0.3, 0.4) is 0 Å². The van der Waals surface area contributed by atoms with Crippen molar-refractivity contribution in [2.75, 3.05) is 58.0 Å². The quantitative estimate of drug-likeness (QED) is 0.0719. The van der Waals surface area contributed by atoms with Gasteiger partial charge in [-0.3, -0.25) is 80.0 Å². The molecule has 8 atom stereocenters. The summed E-state index contributed by atoms with van der Waals surface area (Å²) in [6.45, 7) is 6.01. The molecule has 0 bridgehead atoms. The van der Waals surface area contributed by atoms with E-state index >= 15 is 0 Å². The molecule has 588 valence electrons. The van der Waals surface area contributed by atoms with Crippen molar-refractivity contribution in [3.8, 4) is 18.2 Å². The number of aromatic nitrogens is 6. The van der Waals surface area contributed by atoms with Gasteiger partial charge in [-0.05, 0) is 191 Å². The van der Waals surface area contributed by atoms with Gasteiger partial charge in [0.1, 0.15) is 32.9 Å². The van der Waals surface area contributed by atoms with Crippen LogP contribution in [0, 0.1) is 34.0 Å². The number of nitrogens with one attached hydrogen (secondary N) is 3. The van der Waals surface area contributed by atoms with Crippen molar-refractivity contribution in [2.45, 2.75) is 185 Å². The predicted molar refractivity (Wildman–Crippen MR) is 441 cm³/mol. The van der Waals surface area contributed by atoms with Gasteiger partial charge in [-0.15, -0.1) is 0 Å². The molecule has 3 aliphatic carbocycles. The van der Waals surface area contributed by atoms with E-state index in [0.29, 0.717) is 89.6 Å². The van der Waals surface area contributed by atoms with Gasteiger partial charge in [0.15, 0.2) is 0 Å². The maximum Gasteiger partial charge on any atom is 0.267 e. The minimum Gasteiger partial charge on any atom is -0.348 e. The topological polar surface area (TPSA) is 306 Å². The lowest BCUT2D eigenvalue weighted by atomic mass is 9.76. The molecule has 3 aliphatic heterocycles. The summed E-state index contributed by atoms with van der Waals surface area (Å²) >= 11 is 1.79. The molecular weight excluding hydrogens is 1480 g/mol. The summed E-state index contributed by atoms with van der Waals surface area (Å²) in [7, 11) is -2.09. The molecule has 3 N–H and O–H groups in total. The SMILES string of the molecule is CS(=O)[C@H]1CCCC[C@@H]1NC(=O)c1cc(CN2CCC(C#N)(c3ccccn3)CC2)c2ccccn2c1=O.CS(=O)[C@H]1CCCC[C@@H]1NC(=O)c1cc(CN2CCC(C#N)(c3ccccn3)CC2)c2ccccn2c1=O.CS[C@H]1CCCC[C@@H]1NC(=O)c1cc(CN2CCC(C#N)(c3ccccn3)CC2)c2ccccn2c1=O. The largest absolute Gasteiger partial charge is 0.348 e. The number of thioether (sulfide) groups is 1. The van der Waals surface area contributed by atoms with Gasteiger partial charge in [0, 0.05) is 154 Å². The van der Waals surface area contributed by atoms with Crippen LogP contribution < -0.4 is 32.6 Å². The Morgan fingerprint density at radius 2 is 0.726 bits per heavy atom. The Hall–Kier alpha value is -9.85. The van der Waals surface area contributed by atoms with E-state index in [4.69, 9.17) is 0 Å². The molecule has 23 nitrogen and oxygen atoms in total. The van der Waals surface area contributed by atoms with Gasteiger partial charge in [0.25, 0.3) is 34.4 Å². The molecule has 9 aromatic rings. The minimum atomic E-state index is -1.05. The molecule has 6 fully saturated rings. The Labute approximate surface area is 668 Å². The third-order valence-electron chi connectivity index (χ3n) is 24.2. The summed E-state index contributed by atoms with van der Waals surface area (Å²) in [5, 5.41) is 39.5. The van der Waals surface area contributed by atoms with E-state index in [2.05, 4.69) is 70.1 Å². The average Bonchev–Trinajstić information content (AvgIpc) is 0.781. The lowest BCUT2D eigenvalue weighted by Gasteiger charge is -2.37. The van der Waals surface area contributed by atoms with Crippen LogP contribution in [0.1, 0.15) is 180 Å². The molecule has 26 heteroatoms. The number of pyridine rings is 9. The lowest BCUT2D eigenvalue weighted by Crippen LogP contribution is -2.48. The number of carbonyl (C=O) groups excluding carboxylic acids is 3. The maximum atomic E-state index is 13.4. The number of fused-ring (bicyclic) bond motifs is 3. The number of carbonyl (C=O) groups is 3. The molecule has 15 rings (SSSR count). The van der Waals surface area contributed by atoms with Crippen LogP contribution in [0.5, 0.6) is 0 Å². The molecule has 3 saturated heterocycles. The van der Waals surface area contributed by atoms with Gasteiger partial charge in [0.2, 0.25) is 0 Å². The molecule has 0 radical (unpaired) electrons. The molecule has 12 heterocycles. The molecule has 113 heavy (non-hydrogen) atoms. The highest BCUT2D eigenvalue weighted by Gasteiger charge is 2.42. The lowest BCUT2D eigenvalue weighted by molar-refractivity contribution is 0.0918. The Morgan fingerprint density at radius 1 is 0.434 bits per heavy atom. The average molecular weight is 1580 g/mol. The highest BCUT2D eigenvalue weighted by atomic mass is 32.2. The van der Waals surface area contributed by atoms with Crippen LogP contribution in [-0.4, -0.2) is 161 Å². The zero-order valence-electron chi connectivity index (χ0n) is 64.5. The van der Waals surface area contributed by atoms with Crippen LogP contribution in [0.4, 0.5) is 0 Å². The van der Waals surface area contributed by atoms with E-state index in [1.807, 2.05) is 97.1 Å². The molecule has 9 aromatic heterocycles. The Balaban J connectivity index is 0.000000148. The first-order valence-corrected chi connectivity index (χ1v) is 44.1. The van der Waals surface area contributed by atoms with Crippen molar-refractivity contribution in [1.29, 1.82) is 15.8 Å². The van der Waals surface area contributed by atoms with E-state index in [1.54, 1.807) is 96.2 Å². The summed E-state index contributed by atoms with van der Waals surface area (Å²) in [6, 6.07) is 46.4. The monoisotopic (exact) mass is 1580 g/mol. The molecule has 3 saturated carbocycles. The second-order valence-electron chi connectivity index (χ2n) is 31.0. The molecule has 6 aliphatic rings. The van der Waals surface area contributed by atoms with E-state index in [9.17, 15) is 53.0 Å². The van der Waals surface area contributed by atoms with Gasteiger partial charge >= 0.3 is 0 Å². The second-order valence-corrected chi connectivity index (χ2v) is 35.3. The van der Waals surface area contributed by atoms with Crippen molar-refractivity contribution in [2.24, 2.45) is 0 Å². The first-order valence-electron chi connectivity index (χ1n) is 39.5. The third kappa shape index (κ3) is 18.2. The number of hydrogen-bond acceptors (Lipinski definition) is 18. The summed E-state index contributed by atoms with van der Waals surface area (Å²) in [6.07, 6.45) is 31.3. The van der Waals surface area contributed by atoms with Crippen LogP contribution in [0.15, 0.2) is 179 Å². The van der Waals surface area contributed by atoms with Crippen molar-refractivity contribution in [3.63, 3.8) is 0 Å². The summed E-state index contributed by atoms with van der Waals surface area (Å²) in [5.41, 5.74) is 5.13. The molecule has 0 spiro atoms. The fourth-order valence-electron chi connectivity index (χ4n) is 17.6. The Kier molecular flexibility index (Phi) is 26.6. The summed E-state index contributed by atoms with van der Waals surface area (Å²) < 4.78 is 29.2. The normalized spacial score (nSPS) is 22.2. The Bertz CT molecular complexity index is 5050. The van der Waals surface area contributed by atoms with Crippen LogP contribution in [0.2, 0.25) is 0 Å². The fourth-order valence-corrected chi connectivity index (χ4v) is 20.9. The molecule has 0 aromatic carbocycles. The first-order chi connectivity index (χ1) is 54.9. The van der Waals surface area contributed by atoms with Crippen molar-refractivity contribution >= 4 is 67.6 Å². The van der Waals surface area contributed by atoms with E-state index in [-0.39, 0.29) is 67.9 Å². The number of amides is 3. The van der Waals surface area contributed by atoms with E-state index in [0.717, 1.165) is 134 Å². The maximum absolute atomic E-state index is 13.4. The zero-order chi connectivity index (χ0) is 79.2. The number of rotatable bonds is 18. The van der Waals surface area contributed by atoms with Crippen molar-refractivity contribution < 1.29 is 22.8 Å². The minimum absolute atomic E-state index is 0.0864. The van der Waals surface area contributed by atoms with Crippen molar-refractivity contribution in [1.82, 2.24) is 58.8 Å². The first kappa shape index (κ1) is 81.2. The highest BCUT2D eigenvalue weighted by Crippen LogP contribution is 2.38. The smallest absolute Gasteiger partial charge is 0.267 e. The zero-order valence-corrected chi connectivity index (χ0v) is 67.0. The molecule has 2 unspecified atom stereocenters. The highest BCUT2D eigenvalue weighted by molar-refractivity contribution is 7.99. The van der Waals surface area contributed by atoms with E-state index in [1.165, 1.54) is 15.2 Å². The predicted octanol–water partition coefficient (Wildman–Crippen LogP) is 10.5. The number of nitriles is 3. The molecule has 3 amide bonds. The Morgan fingerprint density at radius 3 is 1.02 bits per heavy atom.